The highest BCUT2D eigenvalue weighted by Crippen LogP contribution is 2.30. The van der Waals surface area contributed by atoms with Gasteiger partial charge in [0.2, 0.25) is 5.91 Å². The summed E-state index contributed by atoms with van der Waals surface area (Å²) in [5.41, 5.74) is 0.927. The van der Waals surface area contributed by atoms with E-state index < -0.39 is 6.04 Å². The van der Waals surface area contributed by atoms with Gasteiger partial charge in [0.1, 0.15) is 5.75 Å². The molecule has 3 aliphatic rings. The third-order valence-electron chi connectivity index (χ3n) is 10.0. The summed E-state index contributed by atoms with van der Waals surface area (Å²) in [6.45, 7) is 6.90. The maximum atomic E-state index is 14.4. The van der Waals surface area contributed by atoms with Crippen molar-refractivity contribution in [1.82, 2.24) is 15.1 Å². The van der Waals surface area contributed by atoms with Gasteiger partial charge in [0, 0.05) is 50.3 Å². The topological polar surface area (TPSA) is 120 Å². The van der Waals surface area contributed by atoms with Gasteiger partial charge in [-0.05, 0) is 77.0 Å². The zero-order valence-electron chi connectivity index (χ0n) is 28.6. The van der Waals surface area contributed by atoms with E-state index in [9.17, 15) is 19.5 Å². The van der Waals surface area contributed by atoms with Crippen molar-refractivity contribution in [2.24, 2.45) is 11.8 Å². The van der Waals surface area contributed by atoms with Crippen molar-refractivity contribution in [3.63, 3.8) is 0 Å². The second kappa shape index (κ2) is 17.9. The van der Waals surface area contributed by atoms with E-state index in [0.29, 0.717) is 36.7 Å². The average Bonchev–Trinajstić information content (AvgIpc) is 3.06. The summed E-state index contributed by atoms with van der Waals surface area (Å²) in [5, 5.41) is 16.5. The summed E-state index contributed by atoms with van der Waals surface area (Å²) >= 11 is 0. The number of nitrogens with zero attached hydrogens (tertiary/aromatic N) is 2. The molecule has 4 amide bonds. The molecule has 10 nitrogen and oxygen atoms in total. The van der Waals surface area contributed by atoms with E-state index in [1.165, 1.54) is 12.8 Å². The normalized spacial score (nSPS) is 25.0. The molecule has 0 aromatic heterocycles. The lowest BCUT2D eigenvalue weighted by Gasteiger charge is -2.36. The molecule has 0 unspecified atom stereocenters. The molecule has 2 fully saturated rings. The number of hydrogen-bond donors (Lipinski definition) is 3. The van der Waals surface area contributed by atoms with E-state index in [1.54, 1.807) is 29.0 Å². The van der Waals surface area contributed by atoms with Crippen LogP contribution in [0.4, 0.5) is 10.5 Å². The first-order valence-corrected chi connectivity index (χ1v) is 17.8. The minimum absolute atomic E-state index is 0.00637. The highest BCUT2D eigenvalue weighted by Gasteiger charge is 2.31. The van der Waals surface area contributed by atoms with Crippen LogP contribution < -0.4 is 15.4 Å². The minimum atomic E-state index is -0.471. The SMILES string of the molecule is C[C@H](CO)N1C[C@H](C)[C@H](CN(C)C(=O)NC2CCCCC2)OCCCC[C@H](C)Oc2ccc(NC(=O)C3CCCCC3)cc2C1=O. The average molecular weight is 643 g/mol. The molecule has 3 N–H and O–H groups in total. The predicted octanol–water partition coefficient (Wildman–Crippen LogP) is 5.98. The van der Waals surface area contributed by atoms with Crippen LogP contribution in [-0.2, 0) is 9.53 Å². The smallest absolute Gasteiger partial charge is 0.317 e. The quantitative estimate of drug-likeness (QED) is 0.337. The number of benzene rings is 1. The monoisotopic (exact) mass is 642 g/mol. The summed E-state index contributed by atoms with van der Waals surface area (Å²) in [6.07, 6.45) is 12.7. The summed E-state index contributed by atoms with van der Waals surface area (Å²) in [5.74, 6) is 0.0425. The Hall–Kier alpha value is -2.85. The molecule has 10 heteroatoms. The number of amides is 4. The fourth-order valence-corrected chi connectivity index (χ4v) is 6.96. The van der Waals surface area contributed by atoms with Gasteiger partial charge in [-0.25, -0.2) is 4.79 Å². The summed E-state index contributed by atoms with van der Waals surface area (Å²) < 4.78 is 12.7. The van der Waals surface area contributed by atoms with E-state index in [2.05, 4.69) is 10.6 Å². The first-order chi connectivity index (χ1) is 22.2. The van der Waals surface area contributed by atoms with Gasteiger partial charge >= 0.3 is 6.03 Å². The van der Waals surface area contributed by atoms with Crippen molar-refractivity contribution >= 4 is 23.5 Å². The molecule has 1 aromatic carbocycles. The van der Waals surface area contributed by atoms with Crippen LogP contribution in [0, 0.1) is 11.8 Å². The molecule has 1 aliphatic heterocycles. The van der Waals surface area contributed by atoms with E-state index in [4.69, 9.17) is 9.47 Å². The number of aliphatic hydroxyl groups excluding tert-OH is 1. The van der Waals surface area contributed by atoms with Crippen molar-refractivity contribution in [2.45, 2.75) is 129 Å². The number of likely N-dealkylation sites (N-methyl/N-ethyl adjacent to an activating group) is 1. The lowest BCUT2D eigenvalue weighted by atomic mass is 9.88. The first-order valence-electron chi connectivity index (χ1n) is 17.8. The first kappa shape index (κ1) is 36.0. The third-order valence-corrected chi connectivity index (χ3v) is 10.0. The summed E-state index contributed by atoms with van der Waals surface area (Å²) in [6, 6.07) is 4.96. The molecule has 0 saturated heterocycles. The lowest BCUT2D eigenvalue weighted by molar-refractivity contribution is -0.120. The van der Waals surface area contributed by atoms with Gasteiger partial charge in [-0.15, -0.1) is 0 Å². The number of aliphatic hydroxyl groups is 1. The van der Waals surface area contributed by atoms with Crippen LogP contribution in [-0.4, -0.2) is 90.4 Å². The van der Waals surface area contributed by atoms with Crippen LogP contribution in [0.15, 0.2) is 18.2 Å². The Bertz CT molecular complexity index is 1140. The Kier molecular flexibility index (Phi) is 14.0. The van der Waals surface area contributed by atoms with Crippen LogP contribution in [0.1, 0.15) is 115 Å². The van der Waals surface area contributed by atoms with Crippen molar-refractivity contribution in [3.8, 4) is 5.75 Å². The molecule has 46 heavy (non-hydrogen) atoms. The Morgan fingerprint density at radius 1 is 1.00 bits per heavy atom. The van der Waals surface area contributed by atoms with Crippen molar-refractivity contribution in [1.29, 1.82) is 0 Å². The van der Waals surface area contributed by atoms with E-state index in [0.717, 1.165) is 70.6 Å². The molecule has 1 heterocycles. The van der Waals surface area contributed by atoms with Crippen molar-refractivity contribution in [2.75, 3.05) is 38.7 Å². The molecular weight excluding hydrogens is 584 g/mol. The van der Waals surface area contributed by atoms with Crippen LogP contribution in [0.2, 0.25) is 0 Å². The van der Waals surface area contributed by atoms with E-state index in [-0.39, 0.29) is 54.5 Å². The van der Waals surface area contributed by atoms with E-state index in [1.807, 2.05) is 26.8 Å². The van der Waals surface area contributed by atoms with Gasteiger partial charge in [0.05, 0.1) is 30.4 Å². The summed E-state index contributed by atoms with van der Waals surface area (Å²) in [7, 11) is 1.80. The molecule has 1 aromatic rings. The van der Waals surface area contributed by atoms with Gasteiger partial charge in [-0.2, -0.15) is 0 Å². The Labute approximate surface area is 275 Å². The van der Waals surface area contributed by atoms with Gasteiger partial charge in [0.25, 0.3) is 5.91 Å². The van der Waals surface area contributed by atoms with E-state index >= 15 is 0 Å². The van der Waals surface area contributed by atoms with Crippen LogP contribution in [0.3, 0.4) is 0 Å². The fourth-order valence-electron chi connectivity index (χ4n) is 6.96. The maximum absolute atomic E-state index is 14.4. The molecular formula is C36H58N4O6. The lowest BCUT2D eigenvalue weighted by Crippen LogP contribution is -2.50. The Morgan fingerprint density at radius 2 is 1.67 bits per heavy atom. The molecule has 2 aliphatic carbocycles. The molecule has 0 bridgehead atoms. The maximum Gasteiger partial charge on any atom is 0.317 e. The van der Waals surface area contributed by atoms with Crippen molar-refractivity contribution < 1.29 is 29.0 Å². The van der Waals surface area contributed by atoms with Crippen LogP contribution >= 0.6 is 0 Å². The molecule has 4 atom stereocenters. The standard InChI is InChI=1S/C36H58N4O6/c1-25-22-40(26(2)24-41)35(43)31-21-30(37-34(42)28-14-7-5-8-15-28)18-19-32(31)46-27(3)13-11-12-20-45-33(25)23-39(4)36(44)38-29-16-9-6-10-17-29/h18-19,21,25-29,33,41H,5-17,20,22-24H2,1-4H3,(H,37,42)(H,38,44)/t25-,26+,27-,33-/m0/s1. The Balaban J connectivity index is 1.56. The number of anilines is 1. The number of fused-ring (bicyclic) bond motifs is 1. The number of carbonyl (C=O) groups excluding carboxylic acids is 3. The molecule has 258 valence electrons. The zero-order valence-corrected chi connectivity index (χ0v) is 28.6. The highest BCUT2D eigenvalue weighted by atomic mass is 16.5. The molecule has 0 spiro atoms. The Morgan fingerprint density at radius 3 is 2.37 bits per heavy atom. The van der Waals surface area contributed by atoms with Crippen molar-refractivity contribution in [3.05, 3.63) is 23.8 Å². The second-order valence-corrected chi connectivity index (χ2v) is 14.0. The fraction of sp³-hybridized carbons (Fsp3) is 0.750. The minimum Gasteiger partial charge on any atom is -0.490 e. The van der Waals surface area contributed by atoms with Crippen LogP contribution in [0.25, 0.3) is 0 Å². The second-order valence-electron chi connectivity index (χ2n) is 14.0. The highest BCUT2D eigenvalue weighted by molar-refractivity contribution is 6.00. The third kappa shape index (κ3) is 10.3. The summed E-state index contributed by atoms with van der Waals surface area (Å²) in [4.78, 5) is 43.9. The number of ether oxygens (including phenoxy) is 2. The van der Waals surface area contributed by atoms with Crippen LogP contribution in [0.5, 0.6) is 5.75 Å². The van der Waals surface area contributed by atoms with Gasteiger partial charge in [0.15, 0.2) is 0 Å². The molecule has 4 rings (SSSR count). The molecule has 2 saturated carbocycles. The van der Waals surface area contributed by atoms with Gasteiger partial charge < -0.3 is 35.0 Å². The van der Waals surface area contributed by atoms with Gasteiger partial charge in [-0.1, -0.05) is 45.4 Å². The van der Waals surface area contributed by atoms with Gasteiger partial charge in [-0.3, -0.25) is 9.59 Å². The predicted molar refractivity (Wildman–Crippen MR) is 180 cm³/mol. The zero-order chi connectivity index (χ0) is 33.1. The number of urea groups is 1. The number of rotatable bonds is 7. The number of hydrogen-bond acceptors (Lipinski definition) is 6. The largest absolute Gasteiger partial charge is 0.490 e. The molecule has 0 radical (unpaired) electrons. The number of carbonyl (C=O) groups is 3. The number of nitrogens with one attached hydrogen (secondary N) is 2.